The van der Waals surface area contributed by atoms with Crippen molar-refractivity contribution in [2.24, 2.45) is 0 Å². The molecule has 4 nitrogen and oxygen atoms in total. The molecule has 94 valence electrons. The zero-order valence-corrected chi connectivity index (χ0v) is 10.6. The average Bonchev–Trinajstić information content (AvgIpc) is 2.34. The molecule has 0 aliphatic heterocycles. The molecule has 1 aromatic carbocycles. The van der Waals surface area contributed by atoms with Gasteiger partial charge in [0.1, 0.15) is 11.3 Å². The third-order valence-corrected chi connectivity index (χ3v) is 2.70. The molecule has 1 N–H and O–H groups in total. The molecular formula is C13H19NO3. The molecule has 0 fully saturated rings. The van der Waals surface area contributed by atoms with Crippen LogP contribution >= 0.6 is 0 Å². The number of carbonyl (C=O) groups is 1. The second kappa shape index (κ2) is 6.13. The summed E-state index contributed by atoms with van der Waals surface area (Å²) >= 11 is 0. The largest absolute Gasteiger partial charge is 0.496 e. The highest BCUT2D eigenvalue weighted by Crippen LogP contribution is 2.25. The molecule has 0 atom stereocenters. The zero-order chi connectivity index (χ0) is 12.8. The zero-order valence-electron chi connectivity index (χ0n) is 10.6. The van der Waals surface area contributed by atoms with Crippen molar-refractivity contribution < 1.29 is 14.6 Å². The topological polar surface area (TPSA) is 49.8 Å². The van der Waals surface area contributed by atoms with Gasteiger partial charge in [0.2, 0.25) is 0 Å². The maximum Gasteiger partial charge on any atom is 0.339 e. The van der Waals surface area contributed by atoms with Crippen LogP contribution in [0.25, 0.3) is 0 Å². The van der Waals surface area contributed by atoms with E-state index in [4.69, 9.17) is 9.84 Å². The van der Waals surface area contributed by atoms with Crippen LogP contribution in [-0.4, -0.2) is 31.8 Å². The van der Waals surface area contributed by atoms with Crippen LogP contribution < -0.4 is 9.64 Å². The van der Waals surface area contributed by atoms with Gasteiger partial charge in [0, 0.05) is 25.3 Å². The van der Waals surface area contributed by atoms with Crippen LogP contribution in [0.5, 0.6) is 5.75 Å². The van der Waals surface area contributed by atoms with E-state index in [2.05, 4.69) is 11.8 Å². The summed E-state index contributed by atoms with van der Waals surface area (Å²) in [6.07, 6.45) is 2.24. The maximum atomic E-state index is 10.9. The summed E-state index contributed by atoms with van der Waals surface area (Å²) in [4.78, 5) is 13.0. The summed E-state index contributed by atoms with van der Waals surface area (Å²) in [7, 11) is 3.47. The van der Waals surface area contributed by atoms with E-state index in [-0.39, 0.29) is 5.56 Å². The number of aromatic carboxylic acids is 1. The SMILES string of the molecule is CCCCN(C)c1ccc(C(=O)O)c(OC)c1. The first-order valence-corrected chi connectivity index (χ1v) is 5.72. The number of hydrogen-bond acceptors (Lipinski definition) is 3. The Balaban J connectivity index is 2.92. The quantitative estimate of drug-likeness (QED) is 0.826. The van der Waals surface area contributed by atoms with Crippen molar-refractivity contribution in [1.29, 1.82) is 0 Å². The highest BCUT2D eigenvalue weighted by atomic mass is 16.5. The monoisotopic (exact) mass is 237 g/mol. The molecule has 0 radical (unpaired) electrons. The number of hydrogen-bond donors (Lipinski definition) is 1. The van der Waals surface area contributed by atoms with Crippen LogP contribution in [0.1, 0.15) is 30.1 Å². The fraction of sp³-hybridized carbons (Fsp3) is 0.462. The molecule has 1 rings (SSSR count). The average molecular weight is 237 g/mol. The molecule has 4 heteroatoms. The van der Waals surface area contributed by atoms with Crippen molar-refractivity contribution in [3.8, 4) is 5.75 Å². The predicted octanol–water partition coefficient (Wildman–Crippen LogP) is 2.63. The van der Waals surface area contributed by atoms with Crippen molar-refractivity contribution in [3.63, 3.8) is 0 Å². The van der Waals surface area contributed by atoms with Gasteiger partial charge in [-0.3, -0.25) is 0 Å². The summed E-state index contributed by atoms with van der Waals surface area (Å²) in [5.74, 6) is -0.567. The second-order valence-corrected chi connectivity index (χ2v) is 3.96. The number of carboxylic acid groups (broad SMARTS) is 1. The van der Waals surface area contributed by atoms with Gasteiger partial charge < -0.3 is 14.7 Å². The van der Waals surface area contributed by atoms with Gasteiger partial charge >= 0.3 is 5.97 Å². The van der Waals surface area contributed by atoms with Crippen LogP contribution in [0.3, 0.4) is 0 Å². The van der Waals surface area contributed by atoms with Gasteiger partial charge in [-0.2, -0.15) is 0 Å². The molecule has 0 amide bonds. The third-order valence-electron chi connectivity index (χ3n) is 2.70. The second-order valence-electron chi connectivity index (χ2n) is 3.96. The smallest absolute Gasteiger partial charge is 0.339 e. The number of rotatable bonds is 6. The number of unbranched alkanes of at least 4 members (excludes halogenated alkanes) is 1. The predicted molar refractivity (Wildman–Crippen MR) is 68.1 cm³/mol. The van der Waals surface area contributed by atoms with Crippen molar-refractivity contribution in [3.05, 3.63) is 23.8 Å². The molecule has 0 aliphatic carbocycles. The Morgan fingerprint density at radius 3 is 2.71 bits per heavy atom. The van der Waals surface area contributed by atoms with Crippen LogP contribution in [0.15, 0.2) is 18.2 Å². The molecule has 0 unspecified atom stereocenters. The van der Waals surface area contributed by atoms with E-state index >= 15 is 0 Å². The lowest BCUT2D eigenvalue weighted by atomic mass is 10.1. The standard InChI is InChI=1S/C13H19NO3/c1-4-5-8-14(2)10-6-7-11(13(15)16)12(9-10)17-3/h6-7,9H,4-5,8H2,1-3H3,(H,15,16). The molecule has 0 heterocycles. The van der Waals surface area contributed by atoms with Gasteiger partial charge in [-0.05, 0) is 18.6 Å². The lowest BCUT2D eigenvalue weighted by Gasteiger charge is -2.20. The highest BCUT2D eigenvalue weighted by molar-refractivity contribution is 5.91. The van der Waals surface area contributed by atoms with Crippen molar-refractivity contribution >= 4 is 11.7 Å². The number of benzene rings is 1. The summed E-state index contributed by atoms with van der Waals surface area (Å²) in [5, 5.41) is 8.97. The Kier molecular flexibility index (Phi) is 4.82. The number of carboxylic acids is 1. The molecular weight excluding hydrogens is 218 g/mol. The van der Waals surface area contributed by atoms with Gasteiger partial charge in [0.25, 0.3) is 0 Å². The van der Waals surface area contributed by atoms with Gasteiger partial charge in [-0.1, -0.05) is 13.3 Å². The third kappa shape index (κ3) is 3.37. The Hall–Kier alpha value is -1.71. The maximum absolute atomic E-state index is 10.9. The van der Waals surface area contributed by atoms with Crippen LogP contribution in [0, 0.1) is 0 Å². The van der Waals surface area contributed by atoms with Crippen LogP contribution in [0.2, 0.25) is 0 Å². The van der Waals surface area contributed by atoms with E-state index in [1.165, 1.54) is 7.11 Å². The minimum absolute atomic E-state index is 0.195. The molecule has 1 aromatic rings. The Morgan fingerprint density at radius 2 is 2.18 bits per heavy atom. The van der Waals surface area contributed by atoms with Gasteiger partial charge in [0.05, 0.1) is 7.11 Å². The van der Waals surface area contributed by atoms with E-state index < -0.39 is 5.97 Å². The Labute approximate surface area is 102 Å². The number of nitrogens with zero attached hydrogens (tertiary/aromatic N) is 1. The van der Waals surface area contributed by atoms with Gasteiger partial charge in [0.15, 0.2) is 0 Å². The van der Waals surface area contributed by atoms with Crippen LogP contribution in [0.4, 0.5) is 5.69 Å². The summed E-state index contributed by atoms with van der Waals surface area (Å²) < 4.78 is 5.09. The minimum Gasteiger partial charge on any atom is -0.496 e. The van der Waals surface area contributed by atoms with E-state index in [1.54, 1.807) is 12.1 Å². The van der Waals surface area contributed by atoms with Crippen molar-refractivity contribution in [2.75, 3.05) is 25.6 Å². The minimum atomic E-state index is -0.968. The van der Waals surface area contributed by atoms with Gasteiger partial charge in [-0.25, -0.2) is 4.79 Å². The molecule has 0 saturated carbocycles. The van der Waals surface area contributed by atoms with E-state index in [1.807, 2.05) is 13.1 Å². The van der Waals surface area contributed by atoms with E-state index in [0.29, 0.717) is 5.75 Å². The van der Waals surface area contributed by atoms with Crippen molar-refractivity contribution in [2.45, 2.75) is 19.8 Å². The fourth-order valence-corrected chi connectivity index (χ4v) is 1.62. The Morgan fingerprint density at radius 1 is 1.47 bits per heavy atom. The summed E-state index contributed by atoms with van der Waals surface area (Å²) in [5.41, 5.74) is 1.17. The fourth-order valence-electron chi connectivity index (χ4n) is 1.62. The first kappa shape index (κ1) is 13.4. The first-order valence-electron chi connectivity index (χ1n) is 5.72. The molecule has 0 saturated heterocycles. The van der Waals surface area contributed by atoms with Crippen molar-refractivity contribution in [1.82, 2.24) is 0 Å². The van der Waals surface area contributed by atoms with E-state index in [0.717, 1.165) is 25.1 Å². The summed E-state index contributed by atoms with van der Waals surface area (Å²) in [6, 6.07) is 5.15. The number of ether oxygens (including phenoxy) is 1. The first-order chi connectivity index (χ1) is 8.10. The number of anilines is 1. The molecule has 17 heavy (non-hydrogen) atoms. The van der Waals surface area contributed by atoms with E-state index in [9.17, 15) is 4.79 Å². The lowest BCUT2D eigenvalue weighted by Crippen LogP contribution is -2.18. The van der Waals surface area contributed by atoms with Gasteiger partial charge in [-0.15, -0.1) is 0 Å². The Bertz CT molecular complexity index is 390. The summed E-state index contributed by atoms with van der Waals surface area (Å²) in [6.45, 7) is 3.09. The highest BCUT2D eigenvalue weighted by Gasteiger charge is 2.12. The lowest BCUT2D eigenvalue weighted by molar-refractivity contribution is 0.0693. The number of methoxy groups -OCH3 is 1. The molecule has 0 bridgehead atoms. The molecule has 0 aliphatic rings. The van der Waals surface area contributed by atoms with Crippen LogP contribution in [-0.2, 0) is 0 Å². The molecule has 0 aromatic heterocycles. The normalized spacial score (nSPS) is 10.1. The molecule has 0 spiro atoms.